The van der Waals surface area contributed by atoms with Crippen molar-refractivity contribution in [2.45, 2.75) is 64.8 Å². The van der Waals surface area contributed by atoms with E-state index in [1.807, 2.05) is 5.38 Å². The van der Waals surface area contributed by atoms with E-state index >= 15 is 0 Å². The van der Waals surface area contributed by atoms with Crippen molar-refractivity contribution < 1.29 is 4.79 Å². The Morgan fingerprint density at radius 2 is 1.96 bits per heavy atom. The zero-order chi connectivity index (χ0) is 18.1. The molecule has 0 unspecified atom stereocenters. The van der Waals surface area contributed by atoms with E-state index in [2.05, 4.69) is 45.0 Å². The maximum atomic E-state index is 12.6. The van der Waals surface area contributed by atoms with Gasteiger partial charge in [-0.15, -0.1) is 10.2 Å². The molecule has 140 valence electrons. The molecule has 0 saturated carbocycles. The number of aryl methyl sites for hydroxylation is 1. The SMILES string of the molecule is CC(C)c1nnc2n1CCC1(CC2)CCN(C(=O)Cc2ccsc2)CC1. The molecule has 4 rings (SSSR count). The molecule has 1 spiro atoms. The predicted octanol–water partition coefficient (Wildman–Crippen LogP) is 3.65. The molecular formula is C20H28N4OS. The van der Waals surface area contributed by atoms with Gasteiger partial charge >= 0.3 is 0 Å². The second-order valence-electron chi connectivity index (χ2n) is 8.22. The highest BCUT2D eigenvalue weighted by atomic mass is 32.1. The number of hydrogen-bond acceptors (Lipinski definition) is 4. The van der Waals surface area contributed by atoms with Gasteiger partial charge in [0.25, 0.3) is 0 Å². The maximum Gasteiger partial charge on any atom is 0.227 e. The molecule has 1 fully saturated rings. The minimum Gasteiger partial charge on any atom is -0.342 e. The summed E-state index contributed by atoms with van der Waals surface area (Å²) >= 11 is 1.66. The van der Waals surface area contributed by atoms with E-state index in [0.717, 1.165) is 56.1 Å². The Hall–Kier alpha value is -1.69. The van der Waals surface area contributed by atoms with Crippen LogP contribution in [0, 0.1) is 5.41 Å². The van der Waals surface area contributed by atoms with Gasteiger partial charge in [-0.1, -0.05) is 13.8 Å². The molecule has 6 heteroatoms. The number of rotatable bonds is 3. The van der Waals surface area contributed by atoms with E-state index in [0.29, 0.717) is 17.8 Å². The lowest BCUT2D eigenvalue weighted by Gasteiger charge is -2.41. The second-order valence-corrected chi connectivity index (χ2v) is 9.00. The molecule has 0 atom stereocenters. The topological polar surface area (TPSA) is 51.0 Å². The summed E-state index contributed by atoms with van der Waals surface area (Å²) in [5.41, 5.74) is 1.52. The monoisotopic (exact) mass is 372 g/mol. The lowest BCUT2D eigenvalue weighted by atomic mass is 9.72. The molecule has 2 aliphatic rings. The fraction of sp³-hybridized carbons (Fsp3) is 0.650. The molecule has 2 aromatic rings. The van der Waals surface area contributed by atoms with Gasteiger partial charge in [0.1, 0.15) is 11.6 Å². The summed E-state index contributed by atoms with van der Waals surface area (Å²) in [6.45, 7) is 7.21. The fourth-order valence-corrected chi connectivity index (χ4v) is 5.13. The highest BCUT2D eigenvalue weighted by Crippen LogP contribution is 2.42. The predicted molar refractivity (Wildman–Crippen MR) is 103 cm³/mol. The standard InChI is InChI=1S/C20H28N4OS/c1-15(2)19-22-21-17-3-5-20(8-11-24(17)19)6-9-23(10-7-20)18(25)13-16-4-12-26-14-16/h4,12,14-15H,3,5-11,13H2,1-2H3. The molecule has 1 saturated heterocycles. The Balaban J connectivity index is 1.37. The number of nitrogens with zero attached hydrogens (tertiary/aromatic N) is 4. The number of hydrogen-bond donors (Lipinski definition) is 0. The van der Waals surface area contributed by atoms with Crippen molar-refractivity contribution in [3.63, 3.8) is 0 Å². The maximum absolute atomic E-state index is 12.6. The first-order valence-corrected chi connectivity index (χ1v) is 10.7. The number of amides is 1. The number of carbonyl (C=O) groups excluding carboxylic acids is 1. The van der Waals surface area contributed by atoms with Gasteiger partial charge in [-0.2, -0.15) is 11.3 Å². The number of carbonyl (C=O) groups is 1. The minimum atomic E-state index is 0.283. The van der Waals surface area contributed by atoms with Gasteiger partial charge in [-0.25, -0.2) is 0 Å². The van der Waals surface area contributed by atoms with E-state index < -0.39 is 0 Å². The summed E-state index contributed by atoms with van der Waals surface area (Å²) in [6, 6.07) is 2.06. The molecule has 0 aromatic carbocycles. The Kier molecular flexibility index (Phi) is 4.86. The summed E-state index contributed by atoms with van der Waals surface area (Å²) in [6.07, 6.45) is 6.17. The van der Waals surface area contributed by atoms with Crippen LogP contribution >= 0.6 is 11.3 Å². The van der Waals surface area contributed by atoms with Crippen LogP contribution in [0.1, 0.15) is 62.7 Å². The molecule has 0 bridgehead atoms. The van der Waals surface area contributed by atoms with E-state index in [9.17, 15) is 4.79 Å². The van der Waals surface area contributed by atoms with Crippen LogP contribution in [-0.4, -0.2) is 38.7 Å². The molecule has 5 nitrogen and oxygen atoms in total. The smallest absolute Gasteiger partial charge is 0.227 e. The normalized spacial score (nSPS) is 19.6. The molecule has 0 aliphatic carbocycles. The number of thiophene rings is 1. The molecule has 0 radical (unpaired) electrons. The van der Waals surface area contributed by atoms with Gasteiger partial charge in [0.2, 0.25) is 5.91 Å². The number of aromatic nitrogens is 3. The van der Waals surface area contributed by atoms with Crippen LogP contribution in [0.15, 0.2) is 16.8 Å². The Labute approximate surface area is 159 Å². The van der Waals surface area contributed by atoms with Gasteiger partial charge in [0.05, 0.1) is 6.42 Å². The van der Waals surface area contributed by atoms with Gasteiger partial charge < -0.3 is 9.47 Å². The first kappa shape index (κ1) is 17.7. The van der Waals surface area contributed by atoms with Crippen LogP contribution in [0.3, 0.4) is 0 Å². The Morgan fingerprint density at radius 3 is 2.65 bits per heavy atom. The van der Waals surface area contributed by atoms with Crippen LogP contribution in [0.2, 0.25) is 0 Å². The Bertz CT molecular complexity index is 757. The summed E-state index contributed by atoms with van der Waals surface area (Å²) in [5, 5.41) is 13.0. The summed E-state index contributed by atoms with van der Waals surface area (Å²) < 4.78 is 2.35. The average molecular weight is 373 g/mol. The molecule has 4 heterocycles. The van der Waals surface area contributed by atoms with Crippen molar-refractivity contribution >= 4 is 17.2 Å². The van der Waals surface area contributed by atoms with Crippen LogP contribution in [0.25, 0.3) is 0 Å². The molecule has 1 amide bonds. The molecular weight excluding hydrogens is 344 g/mol. The second kappa shape index (κ2) is 7.14. The van der Waals surface area contributed by atoms with Gasteiger partial charge in [-0.05, 0) is 53.5 Å². The first-order chi connectivity index (χ1) is 12.6. The number of piperidine rings is 1. The van der Waals surface area contributed by atoms with Crippen molar-refractivity contribution in [3.8, 4) is 0 Å². The highest BCUT2D eigenvalue weighted by Gasteiger charge is 2.37. The summed E-state index contributed by atoms with van der Waals surface area (Å²) in [5.74, 6) is 2.98. The van der Waals surface area contributed by atoms with E-state index in [4.69, 9.17) is 0 Å². The zero-order valence-corrected chi connectivity index (χ0v) is 16.6. The number of likely N-dealkylation sites (tertiary alicyclic amines) is 1. The lowest BCUT2D eigenvalue weighted by Crippen LogP contribution is -2.44. The average Bonchev–Trinajstić information content (AvgIpc) is 3.25. The van der Waals surface area contributed by atoms with E-state index in [1.165, 1.54) is 12.8 Å². The van der Waals surface area contributed by atoms with Crippen molar-refractivity contribution in [2.75, 3.05) is 13.1 Å². The van der Waals surface area contributed by atoms with Crippen LogP contribution in [0.4, 0.5) is 0 Å². The van der Waals surface area contributed by atoms with Crippen molar-refractivity contribution in [1.82, 2.24) is 19.7 Å². The highest BCUT2D eigenvalue weighted by molar-refractivity contribution is 7.08. The third-order valence-electron chi connectivity index (χ3n) is 6.23. The molecule has 0 N–H and O–H groups in total. The quantitative estimate of drug-likeness (QED) is 0.826. The van der Waals surface area contributed by atoms with Crippen molar-refractivity contribution in [2.24, 2.45) is 5.41 Å². The summed E-state index contributed by atoms with van der Waals surface area (Å²) in [7, 11) is 0. The molecule has 2 aliphatic heterocycles. The number of fused-ring (bicyclic) bond motifs is 1. The first-order valence-electron chi connectivity index (χ1n) is 9.77. The van der Waals surface area contributed by atoms with E-state index in [1.54, 1.807) is 11.3 Å². The van der Waals surface area contributed by atoms with Crippen molar-refractivity contribution in [1.29, 1.82) is 0 Å². The van der Waals surface area contributed by atoms with Gasteiger partial charge in [-0.3, -0.25) is 4.79 Å². The van der Waals surface area contributed by atoms with Gasteiger partial charge in [0, 0.05) is 32.0 Å². The third kappa shape index (κ3) is 3.43. The van der Waals surface area contributed by atoms with Crippen LogP contribution in [0.5, 0.6) is 0 Å². The largest absolute Gasteiger partial charge is 0.342 e. The van der Waals surface area contributed by atoms with Crippen molar-refractivity contribution in [3.05, 3.63) is 34.0 Å². The van der Waals surface area contributed by atoms with E-state index in [-0.39, 0.29) is 5.91 Å². The Morgan fingerprint density at radius 1 is 1.19 bits per heavy atom. The zero-order valence-electron chi connectivity index (χ0n) is 15.8. The van der Waals surface area contributed by atoms with Crippen LogP contribution < -0.4 is 0 Å². The minimum absolute atomic E-state index is 0.283. The lowest BCUT2D eigenvalue weighted by molar-refractivity contribution is -0.133. The fourth-order valence-electron chi connectivity index (χ4n) is 4.47. The van der Waals surface area contributed by atoms with Gasteiger partial charge in [0.15, 0.2) is 0 Å². The third-order valence-corrected chi connectivity index (χ3v) is 6.96. The van der Waals surface area contributed by atoms with Crippen LogP contribution in [-0.2, 0) is 24.2 Å². The molecule has 2 aromatic heterocycles. The molecule has 26 heavy (non-hydrogen) atoms. The summed E-state index contributed by atoms with van der Waals surface area (Å²) in [4.78, 5) is 14.6.